The molecule has 2 atom stereocenters. The van der Waals surface area contributed by atoms with Gasteiger partial charge < -0.3 is 19.7 Å². The molecule has 0 saturated heterocycles. The Balaban J connectivity index is 2.20. The van der Waals surface area contributed by atoms with Crippen molar-refractivity contribution in [3.8, 4) is 11.5 Å². The van der Waals surface area contributed by atoms with Crippen LogP contribution in [0.25, 0.3) is 0 Å². The topological polar surface area (TPSA) is 67.9 Å². The van der Waals surface area contributed by atoms with Crippen LogP contribution in [0.3, 0.4) is 0 Å². The first-order chi connectivity index (χ1) is 14.7. The molecule has 0 fully saturated rings. The molecule has 6 nitrogen and oxygen atoms in total. The number of carbonyl (C=O) groups excluding carboxylic acids is 2. The van der Waals surface area contributed by atoms with Crippen LogP contribution >= 0.6 is 0 Å². The number of nitrogens with zero attached hydrogens (tertiary/aromatic N) is 1. The number of methoxy groups -OCH3 is 1. The van der Waals surface area contributed by atoms with Crippen molar-refractivity contribution < 1.29 is 19.1 Å². The smallest absolute Gasteiger partial charge is 0.261 e. The maximum absolute atomic E-state index is 13.1. The molecule has 0 aliphatic heterocycles. The third kappa shape index (κ3) is 7.02. The van der Waals surface area contributed by atoms with Gasteiger partial charge in [0, 0.05) is 12.6 Å². The Morgan fingerprint density at radius 1 is 1.10 bits per heavy atom. The summed E-state index contributed by atoms with van der Waals surface area (Å²) in [6.07, 6.45) is 0.818. The first kappa shape index (κ1) is 24.3. The van der Waals surface area contributed by atoms with Crippen LogP contribution in [0.15, 0.2) is 42.5 Å². The molecule has 0 unspecified atom stereocenters. The zero-order valence-corrected chi connectivity index (χ0v) is 19.4. The number of benzene rings is 2. The van der Waals surface area contributed by atoms with E-state index in [0.717, 1.165) is 23.1 Å². The second kappa shape index (κ2) is 11.4. The van der Waals surface area contributed by atoms with Crippen molar-refractivity contribution in [1.29, 1.82) is 0 Å². The number of amides is 2. The van der Waals surface area contributed by atoms with E-state index in [1.807, 2.05) is 70.2 Å². The highest BCUT2D eigenvalue weighted by Crippen LogP contribution is 2.20. The van der Waals surface area contributed by atoms with E-state index in [1.165, 1.54) is 0 Å². The first-order valence-corrected chi connectivity index (χ1v) is 10.7. The molecule has 0 aliphatic rings. The zero-order chi connectivity index (χ0) is 23.0. The summed E-state index contributed by atoms with van der Waals surface area (Å²) in [7, 11) is 1.60. The van der Waals surface area contributed by atoms with Gasteiger partial charge in [0.05, 0.1) is 7.11 Å². The van der Waals surface area contributed by atoms with E-state index in [0.29, 0.717) is 11.5 Å². The predicted octanol–water partition coefficient (Wildman–Crippen LogP) is 4.02. The minimum Gasteiger partial charge on any atom is -0.497 e. The van der Waals surface area contributed by atoms with E-state index < -0.39 is 6.04 Å². The van der Waals surface area contributed by atoms with Gasteiger partial charge in [0.1, 0.15) is 17.5 Å². The molecule has 31 heavy (non-hydrogen) atoms. The van der Waals surface area contributed by atoms with Crippen molar-refractivity contribution in [2.45, 2.75) is 59.7 Å². The Labute approximate surface area is 185 Å². The minimum atomic E-state index is -0.643. The minimum absolute atomic E-state index is 0.0372. The number of nitrogens with one attached hydrogen (secondary N) is 1. The molecule has 2 amide bonds. The summed E-state index contributed by atoms with van der Waals surface area (Å²) < 4.78 is 11.1. The van der Waals surface area contributed by atoms with Crippen molar-refractivity contribution in [3.05, 3.63) is 59.2 Å². The van der Waals surface area contributed by atoms with Gasteiger partial charge in [-0.1, -0.05) is 36.8 Å². The summed E-state index contributed by atoms with van der Waals surface area (Å²) in [5.41, 5.74) is 2.98. The molecule has 0 heterocycles. The third-order valence-electron chi connectivity index (χ3n) is 5.34. The van der Waals surface area contributed by atoms with Crippen LogP contribution in [-0.2, 0) is 16.1 Å². The highest BCUT2D eigenvalue weighted by Gasteiger charge is 2.27. The molecule has 168 valence electrons. The van der Waals surface area contributed by atoms with Gasteiger partial charge in [0.2, 0.25) is 5.91 Å². The molecular weight excluding hydrogens is 392 g/mol. The van der Waals surface area contributed by atoms with E-state index in [-0.39, 0.29) is 31.0 Å². The monoisotopic (exact) mass is 426 g/mol. The second-order valence-corrected chi connectivity index (χ2v) is 7.92. The van der Waals surface area contributed by atoms with Gasteiger partial charge in [-0.05, 0) is 63.4 Å². The van der Waals surface area contributed by atoms with Gasteiger partial charge in [-0.3, -0.25) is 9.59 Å². The lowest BCUT2D eigenvalue weighted by Gasteiger charge is -2.29. The molecule has 6 heteroatoms. The Hall–Kier alpha value is -3.02. The van der Waals surface area contributed by atoms with E-state index >= 15 is 0 Å². The highest BCUT2D eigenvalue weighted by molar-refractivity contribution is 5.88. The number of rotatable bonds is 10. The summed E-state index contributed by atoms with van der Waals surface area (Å²) in [6.45, 7) is 9.79. The number of hydrogen-bond acceptors (Lipinski definition) is 4. The first-order valence-electron chi connectivity index (χ1n) is 10.7. The van der Waals surface area contributed by atoms with E-state index in [9.17, 15) is 9.59 Å². The van der Waals surface area contributed by atoms with Gasteiger partial charge in [0.25, 0.3) is 5.91 Å². The number of ether oxygens (including phenoxy) is 2. The largest absolute Gasteiger partial charge is 0.497 e. The summed E-state index contributed by atoms with van der Waals surface area (Å²) in [5.74, 6) is 0.928. The van der Waals surface area contributed by atoms with Crippen LogP contribution in [-0.4, -0.2) is 42.5 Å². The summed E-state index contributed by atoms with van der Waals surface area (Å²) in [6, 6.07) is 12.7. The maximum Gasteiger partial charge on any atom is 0.261 e. The Kier molecular flexibility index (Phi) is 8.91. The van der Waals surface area contributed by atoms with Crippen molar-refractivity contribution in [3.63, 3.8) is 0 Å². The fraction of sp³-hybridized carbons (Fsp3) is 0.440. The Bertz CT molecular complexity index is 897. The average Bonchev–Trinajstić information content (AvgIpc) is 2.76. The van der Waals surface area contributed by atoms with Crippen molar-refractivity contribution in [2.75, 3.05) is 13.7 Å². The number of aryl methyl sites for hydroxylation is 2. The standard InChI is InChI=1S/C25H34N2O4/c1-7-19(4)26-25(29)20(5)27(15-21-9-8-10-22(14-21)30-6)24(28)16-31-23-12-11-17(2)13-18(23)3/h8-14,19-20H,7,15-16H2,1-6H3,(H,26,29)/t19-,20-/m1/s1. The van der Waals surface area contributed by atoms with Crippen molar-refractivity contribution >= 4 is 11.8 Å². The van der Waals surface area contributed by atoms with E-state index in [1.54, 1.807) is 18.9 Å². The summed E-state index contributed by atoms with van der Waals surface area (Å²) >= 11 is 0. The lowest BCUT2D eigenvalue weighted by molar-refractivity contribution is -0.142. The van der Waals surface area contributed by atoms with Gasteiger partial charge in [-0.2, -0.15) is 0 Å². The number of carbonyl (C=O) groups is 2. The zero-order valence-electron chi connectivity index (χ0n) is 19.4. The normalized spacial score (nSPS) is 12.6. The molecule has 0 spiro atoms. The second-order valence-electron chi connectivity index (χ2n) is 7.92. The van der Waals surface area contributed by atoms with Crippen LogP contribution in [0, 0.1) is 13.8 Å². The SMILES string of the molecule is CC[C@@H](C)NC(=O)[C@@H](C)N(Cc1cccc(OC)c1)C(=O)COc1ccc(C)cc1C. The molecule has 0 aromatic heterocycles. The van der Waals surface area contributed by atoms with Gasteiger partial charge in [-0.25, -0.2) is 0 Å². The van der Waals surface area contributed by atoms with Crippen LogP contribution in [0.2, 0.25) is 0 Å². The molecule has 1 N–H and O–H groups in total. The van der Waals surface area contributed by atoms with Gasteiger partial charge in [-0.15, -0.1) is 0 Å². The maximum atomic E-state index is 13.1. The van der Waals surface area contributed by atoms with E-state index in [4.69, 9.17) is 9.47 Å². The summed E-state index contributed by atoms with van der Waals surface area (Å²) in [5, 5.41) is 2.96. The molecule has 2 aromatic rings. The molecule has 2 rings (SSSR count). The predicted molar refractivity (Wildman–Crippen MR) is 122 cm³/mol. The third-order valence-corrected chi connectivity index (χ3v) is 5.34. The molecule has 0 saturated carbocycles. The van der Waals surface area contributed by atoms with Crippen molar-refractivity contribution in [2.24, 2.45) is 0 Å². The quantitative estimate of drug-likeness (QED) is 0.623. The van der Waals surface area contributed by atoms with Gasteiger partial charge >= 0.3 is 0 Å². The molecule has 0 radical (unpaired) electrons. The van der Waals surface area contributed by atoms with Crippen LogP contribution in [0.1, 0.15) is 43.9 Å². The Morgan fingerprint density at radius 2 is 1.84 bits per heavy atom. The van der Waals surface area contributed by atoms with Crippen LogP contribution in [0.5, 0.6) is 11.5 Å². The molecule has 0 aliphatic carbocycles. The van der Waals surface area contributed by atoms with Crippen LogP contribution < -0.4 is 14.8 Å². The molecule has 0 bridgehead atoms. The Morgan fingerprint density at radius 3 is 2.48 bits per heavy atom. The fourth-order valence-corrected chi connectivity index (χ4v) is 3.20. The number of hydrogen-bond donors (Lipinski definition) is 1. The van der Waals surface area contributed by atoms with Crippen molar-refractivity contribution in [1.82, 2.24) is 10.2 Å². The van der Waals surface area contributed by atoms with E-state index in [2.05, 4.69) is 5.32 Å². The summed E-state index contributed by atoms with van der Waals surface area (Å²) in [4.78, 5) is 27.5. The molecular formula is C25H34N2O4. The lowest BCUT2D eigenvalue weighted by Crippen LogP contribution is -2.50. The average molecular weight is 427 g/mol. The van der Waals surface area contributed by atoms with Gasteiger partial charge in [0.15, 0.2) is 6.61 Å². The lowest BCUT2D eigenvalue weighted by atomic mass is 10.1. The van der Waals surface area contributed by atoms with Crippen LogP contribution in [0.4, 0.5) is 0 Å². The highest BCUT2D eigenvalue weighted by atomic mass is 16.5. The fourth-order valence-electron chi connectivity index (χ4n) is 3.20. The molecule has 2 aromatic carbocycles.